The molecular formula is C15H28N2O2. The largest absolute Gasteiger partial charge is 0.444 e. The van der Waals surface area contributed by atoms with Gasteiger partial charge in [-0.2, -0.15) is 0 Å². The van der Waals surface area contributed by atoms with Crippen LogP contribution >= 0.6 is 0 Å². The Morgan fingerprint density at radius 3 is 2.79 bits per heavy atom. The number of hydrogen-bond donors (Lipinski definition) is 1. The summed E-state index contributed by atoms with van der Waals surface area (Å²) in [5.41, 5.74) is 0.929. The van der Waals surface area contributed by atoms with Gasteiger partial charge in [-0.25, -0.2) is 4.79 Å². The van der Waals surface area contributed by atoms with E-state index in [2.05, 4.69) is 18.3 Å². The van der Waals surface area contributed by atoms with Crippen molar-refractivity contribution in [3.63, 3.8) is 0 Å². The lowest BCUT2D eigenvalue weighted by Gasteiger charge is -2.30. The number of nitrogens with zero attached hydrogens (tertiary/aromatic N) is 1. The first-order valence-corrected chi connectivity index (χ1v) is 7.15. The van der Waals surface area contributed by atoms with E-state index in [1.807, 2.05) is 32.7 Å². The molecule has 1 aliphatic rings. The molecule has 1 atom stereocenters. The van der Waals surface area contributed by atoms with Crippen LogP contribution in [-0.2, 0) is 4.74 Å². The highest BCUT2D eigenvalue weighted by Gasteiger charge is 2.24. The summed E-state index contributed by atoms with van der Waals surface area (Å²) in [5, 5.41) is 3.24. The van der Waals surface area contributed by atoms with Gasteiger partial charge in [0, 0.05) is 19.1 Å². The topological polar surface area (TPSA) is 41.6 Å². The fourth-order valence-electron chi connectivity index (χ4n) is 2.02. The second-order valence-corrected chi connectivity index (χ2v) is 6.28. The monoisotopic (exact) mass is 268 g/mol. The second-order valence-electron chi connectivity index (χ2n) is 6.28. The van der Waals surface area contributed by atoms with E-state index in [0.29, 0.717) is 12.6 Å². The Balaban J connectivity index is 2.45. The number of ether oxygens (including phenoxy) is 1. The maximum Gasteiger partial charge on any atom is 0.410 e. The zero-order valence-corrected chi connectivity index (χ0v) is 13.0. The van der Waals surface area contributed by atoms with Crippen molar-refractivity contribution >= 4 is 6.09 Å². The van der Waals surface area contributed by atoms with Crippen molar-refractivity contribution in [1.82, 2.24) is 10.2 Å². The van der Waals surface area contributed by atoms with Crippen LogP contribution in [-0.4, -0.2) is 42.8 Å². The molecule has 19 heavy (non-hydrogen) atoms. The molecule has 0 bridgehead atoms. The molecule has 0 fully saturated rings. The molecule has 110 valence electrons. The Bertz CT molecular complexity index is 332. The lowest BCUT2D eigenvalue weighted by molar-refractivity contribution is 0.0260. The van der Waals surface area contributed by atoms with Crippen molar-refractivity contribution in [1.29, 1.82) is 0 Å². The number of carbonyl (C=O) groups excluding carboxylic acids is 1. The Hall–Kier alpha value is -1.03. The Morgan fingerprint density at radius 1 is 1.53 bits per heavy atom. The average molecular weight is 268 g/mol. The Labute approximate surface area is 117 Å². The molecule has 0 aromatic carbocycles. The van der Waals surface area contributed by atoms with Crippen LogP contribution in [0.3, 0.4) is 0 Å². The van der Waals surface area contributed by atoms with Crippen LogP contribution in [0.2, 0.25) is 0 Å². The van der Waals surface area contributed by atoms with Gasteiger partial charge in [0.1, 0.15) is 5.60 Å². The number of amides is 1. The minimum Gasteiger partial charge on any atom is -0.444 e. The summed E-state index contributed by atoms with van der Waals surface area (Å²) >= 11 is 0. The average Bonchev–Trinajstić information content (AvgIpc) is 2.34. The maximum atomic E-state index is 12.0. The molecule has 0 aromatic rings. The molecule has 1 amide bonds. The van der Waals surface area contributed by atoms with Gasteiger partial charge in [-0.3, -0.25) is 0 Å². The lowest BCUT2D eigenvalue weighted by atomic mass is 10.0. The Morgan fingerprint density at radius 2 is 2.21 bits per heavy atom. The van der Waals surface area contributed by atoms with Crippen molar-refractivity contribution in [2.45, 2.75) is 58.6 Å². The predicted molar refractivity (Wildman–Crippen MR) is 78.3 cm³/mol. The third-order valence-corrected chi connectivity index (χ3v) is 3.27. The van der Waals surface area contributed by atoms with Crippen molar-refractivity contribution in [3.8, 4) is 0 Å². The zero-order chi connectivity index (χ0) is 14.5. The normalized spacial score (nSPS) is 17.9. The van der Waals surface area contributed by atoms with Crippen LogP contribution in [0.4, 0.5) is 4.79 Å². The minimum absolute atomic E-state index is 0.195. The summed E-state index contributed by atoms with van der Waals surface area (Å²) < 4.78 is 5.42. The quantitative estimate of drug-likeness (QED) is 0.797. The minimum atomic E-state index is -0.418. The molecule has 0 saturated heterocycles. The standard InChI is InChI=1S/C15H28N2O2/c1-12(16-5)8-9-13-7-6-10-17(11-13)14(18)19-15(2,3)4/h7,12,16H,6,8-11H2,1-5H3. The number of carbonyl (C=O) groups is 1. The molecular weight excluding hydrogens is 240 g/mol. The summed E-state index contributed by atoms with van der Waals surface area (Å²) in [5.74, 6) is 0. The van der Waals surface area contributed by atoms with Gasteiger partial charge in [-0.05, 0) is 54.0 Å². The van der Waals surface area contributed by atoms with E-state index in [1.54, 1.807) is 0 Å². The van der Waals surface area contributed by atoms with Gasteiger partial charge in [0.15, 0.2) is 0 Å². The molecule has 0 radical (unpaired) electrons. The molecule has 4 heteroatoms. The molecule has 0 saturated carbocycles. The van der Waals surface area contributed by atoms with E-state index in [1.165, 1.54) is 5.57 Å². The van der Waals surface area contributed by atoms with Crippen molar-refractivity contribution in [2.75, 3.05) is 20.1 Å². The van der Waals surface area contributed by atoms with Crippen LogP contribution in [0.15, 0.2) is 11.6 Å². The summed E-state index contributed by atoms with van der Waals surface area (Å²) in [6.07, 6.45) is 5.15. The Kier molecular flexibility index (Phi) is 5.85. The van der Waals surface area contributed by atoms with E-state index in [4.69, 9.17) is 4.74 Å². The van der Waals surface area contributed by atoms with Gasteiger partial charge in [0.05, 0.1) is 0 Å². The molecule has 0 aliphatic carbocycles. The van der Waals surface area contributed by atoms with Gasteiger partial charge < -0.3 is 15.0 Å². The van der Waals surface area contributed by atoms with Gasteiger partial charge in [-0.15, -0.1) is 0 Å². The fraction of sp³-hybridized carbons (Fsp3) is 0.800. The maximum absolute atomic E-state index is 12.0. The zero-order valence-electron chi connectivity index (χ0n) is 13.0. The first kappa shape index (κ1) is 16.0. The predicted octanol–water partition coefficient (Wildman–Crippen LogP) is 2.94. The summed E-state index contributed by atoms with van der Waals surface area (Å²) in [6.45, 7) is 9.36. The van der Waals surface area contributed by atoms with Crippen LogP contribution in [0.5, 0.6) is 0 Å². The highest BCUT2D eigenvalue weighted by Crippen LogP contribution is 2.18. The smallest absolute Gasteiger partial charge is 0.410 e. The van der Waals surface area contributed by atoms with Crippen LogP contribution < -0.4 is 5.32 Å². The number of nitrogens with one attached hydrogen (secondary N) is 1. The van der Waals surface area contributed by atoms with E-state index in [0.717, 1.165) is 25.8 Å². The first-order valence-electron chi connectivity index (χ1n) is 7.15. The summed E-state index contributed by atoms with van der Waals surface area (Å²) in [6, 6.07) is 0.512. The van der Waals surface area contributed by atoms with Crippen molar-refractivity contribution in [3.05, 3.63) is 11.6 Å². The third-order valence-electron chi connectivity index (χ3n) is 3.27. The first-order chi connectivity index (χ1) is 8.81. The van der Waals surface area contributed by atoms with E-state index < -0.39 is 5.60 Å². The van der Waals surface area contributed by atoms with E-state index in [-0.39, 0.29) is 6.09 Å². The van der Waals surface area contributed by atoms with Gasteiger partial charge in [-0.1, -0.05) is 11.6 Å². The van der Waals surface area contributed by atoms with Crippen LogP contribution in [0.1, 0.15) is 47.0 Å². The van der Waals surface area contributed by atoms with E-state index in [9.17, 15) is 4.79 Å². The van der Waals surface area contributed by atoms with Crippen LogP contribution in [0, 0.1) is 0 Å². The van der Waals surface area contributed by atoms with Crippen molar-refractivity contribution in [2.24, 2.45) is 0 Å². The highest BCUT2D eigenvalue weighted by molar-refractivity contribution is 5.68. The molecule has 4 nitrogen and oxygen atoms in total. The van der Waals surface area contributed by atoms with E-state index >= 15 is 0 Å². The van der Waals surface area contributed by atoms with Crippen molar-refractivity contribution < 1.29 is 9.53 Å². The SMILES string of the molecule is CNC(C)CCC1=CCCN(C(=O)OC(C)(C)C)C1. The number of rotatable bonds is 4. The molecule has 1 unspecified atom stereocenters. The lowest BCUT2D eigenvalue weighted by Crippen LogP contribution is -2.40. The molecule has 1 N–H and O–H groups in total. The van der Waals surface area contributed by atoms with Crippen LogP contribution in [0.25, 0.3) is 0 Å². The van der Waals surface area contributed by atoms with Gasteiger partial charge in [0.2, 0.25) is 0 Å². The number of hydrogen-bond acceptors (Lipinski definition) is 3. The van der Waals surface area contributed by atoms with Gasteiger partial charge >= 0.3 is 6.09 Å². The molecule has 0 spiro atoms. The molecule has 1 aliphatic heterocycles. The third kappa shape index (κ3) is 6.10. The molecule has 1 heterocycles. The second kappa shape index (κ2) is 6.94. The van der Waals surface area contributed by atoms with Gasteiger partial charge in [0.25, 0.3) is 0 Å². The summed E-state index contributed by atoms with van der Waals surface area (Å²) in [4.78, 5) is 13.8. The summed E-state index contributed by atoms with van der Waals surface area (Å²) in [7, 11) is 1.98. The molecule has 0 aromatic heterocycles. The molecule has 1 rings (SSSR count). The highest BCUT2D eigenvalue weighted by atomic mass is 16.6. The fourth-order valence-corrected chi connectivity index (χ4v) is 2.02.